The maximum atomic E-state index is 4.99. The Kier molecular flexibility index (Phi) is 5.35. The van der Waals surface area contributed by atoms with E-state index >= 15 is 0 Å². The van der Waals surface area contributed by atoms with Crippen LogP contribution in [0.1, 0.15) is 19.3 Å². The molecular formula is C10H22N2O. The Hall–Kier alpha value is -0.120. The average molecular weight is 186 g/mol. The Balaban J connectivity index is 1.88. The molecule has 1 unspecified atom stereocenters. The predicted octanol–water partition coefficient (Wildman–Crippen LogP) is 0.707. The maximum absolute atomic E-state index is 4.99. The zero-order valence-electron chi connectivity index (χ0n) is 8.88. The second-order valence-electron chi connectivity index (χ2n) is 3.90. The number of likely N-dealkylation sites (N-methyl/N-ethyl adjacent to an activating group) is 1. The highest BCUT2D eigenvalue weighted by Crippen LogP contribution is 2.05. The van der Waals surface area contributed by atoms with Gasteiger partial charge in [0.2, 0.25) is 0 Å². The number of unbranched alkanes of at least 4 members (excludes halogenated alkanes) is 1. The first-order chi connectivity index (χ1) is 6.33. The molecule has 0 amide bonds. The molecule has 0 aromatic rings. The lowest BCUT2D eigenvalue weighted by molar-refractivity contribution is 0.192. The number of nitrogens with one attached hydrogen (secondary N) is 1. The number of hydrogen-bond donors (Lipinski definition) is 1. The van der Waals surface area contributed by atoms with Crippen molar-refractivity contribution in [1.82, 2.24) is 10.2 Å². The van der Waals surface area contributed by atoms with E-state index in [1.54, 1.807) is 7.11 Å². The summed E-state index contributed by atoms with van der Waals surface area (Å²) in [6.45, 7) is 4.49. The molecule has 0 saturated carbocycles. The standard InChI is InChI=1S/C10H22N2O/c1-12-7-5-10(9-12)11-6-3-4-8-13-2/h10-11H,3-9H2,1-2H3. The zero-order valence-corrected chi connectivity index (χ0v) is 8.88. The number of methoxy groups -OCH3 is 1. The Labute approximate surface area is 81.4 Å². The van der Waals surface area contributed by atoms with Gasteiger partial charge in [0.1, 0.15) is 0 Å². The molecule has 1 fully saturated rings. The lowest BCUT2D eigenvalue weighted by Gasteiger charge is -2.12. The number of likely N-dealkylation sites (tertiary alicyclic amines) is 1. The summed E-state index contributed by atoms with van der Waals surface area (Å²) < 4.78 is 4.99. The van der Waals surface area contributed by atoms with Crippen LogP contribution >= 0.6 is 0 Å². The van der Waals surface area contributed by atoms with Gasteiger partial charge in [-0.3, -0.25) is 0 Å². The largest absolute Gasteiger partial charge is 0.385 e. The Morgan fingerprint density at radius 1 is 1.46 bits per heavy atom. The van der Waals surface area contributed by atoms with Crippen molar-refractivity contribution in [3.63, 3.8) is 0 Å². The third kappa shape index (κ3) is 4.60. The molecule has 0 spiro atoms. The Morgan fingerprint density at radius 3 is 2.92 bits per heavy atom. The second-order valence-corrected chi connectivity index (χ2v) is 3.90. The van der Waals surface area contributed by atoms with E-state index in [0.717, 1.165) is 19.2 Å². The highest BCUT2D eigenvalue weighted by Gasteiger charge is 2.17. The van der Waals surface area contributed by atoms with Crippen LogP contribution in [0.3, 0.4) is 0 Å². The van der Waals surface area contributed by atoms with Crippen molar-refractivity contribution in [2.24, 2.45) is 0 Å². The summed E-state index contributed by atoms with van der Waals surface area (Å²) in [5, 5.41) is 3.57. The van der Waals surface area contributed by atoms with E-state index in [1.807, 2.05) is 0 Å². The second kappa shape index (κ2) is 6.35. The van der Waals surface area contributed by atoms with Crippen LogP contribution < -0.4 is 5.32 Å². The fourth-order valence-electron chi connectivity index (χ4n) is 1.78. The monoisotopic (exact) mass is 186 g/mol. The summed E-state index contributed by atoms with van der Waals surface area (Å²) in [5.74, 6) is 0. The first kappa shape index (κ1) is 11.0. The predicted molar refractivity (Wildman–Crippen MR) is 55.0 cm³/mol. The highest BCUT2D eigenvalue weighted by atomic mass is 16.5. The molecule has 78 valence electrons. The van der Waals surface area contributed by atoms with Crippen molar-refractivity contribution in [3.05, 3.63) is 0 Å². The van der Waals surface area contributed by atoms with Gasteiger partial charge in [0.05, 0.1) is 0 Å². The van der Waals surface area contributed by atoms with Gasteiger partial charge in [-0.15, -0.1) is 0 Å². The smallest absolute Gasteiger partial charge is 0.0462 e. The van der Waals surface area contributed by atoms with Crippen molar-refractivity contribution < 1.29 is 4.74 Å². The summed E-state index contributed by atoms with van der Waals surface area (Å²) in [6, 6.07) is 0.729. The van der Waals surface area contributed by atoms with Gasteiger partial charge in [0.15, 0.2) is 0 Å². The van der Waals surface area contributed by atoms with Crippen molar-refractivity contribution in [1.29, 1.82) is 0 Å². The first-order valence-corrected chi connectivity index (χ1v) is 5.24. The van der Waals surface area contributed by atoms with Gasteiger partial charge in [-0.05, 0) is 39.4 Å². The number of nitrogens with zero attached hydrogens (tertiary/aromatic N) is 1. The lowest BCUT2D eigenvalue weighted by Crippen LogP contribution is -2.32. The molecule has 3 heteroatoms. The molecule has 1 heterocycles. The minimum absolute atomic E-state index is 0.729. The molecule has 0 aliphatic carbocycles. The molecule has 0 aromatic carbocycles. The molecular weight excluding hydrogens is 164 g/mol. The summed E-state index contributed by atoms with van der Waals surface area (Å²) in [7, 11) is 3.95. The van der Waals surface area contributed by atoms with Gasteiger partial charge in [-0.2, -0.15) is 0 Å². The van der Waals surface area contributed by atoms with E-state index in [-0.39, 0.29) is 0 Å². The average Bonchev–Trinajstić information content (AvgIpc) is 2.51. The van der Waals surface area contributed by atoms with Gasteiger partial charge >= 0.3 is 0 Å². The van der Waals surface area contributed by atoms with Crippen molar-refractivity contribution >= 4 is 0 Å². The SMILES string of the molecule is COCCCCNC1CCN(C)C1. The molecule has 13 heavy (non-hydrogen) atoms. The molecule has 0 bridgehead atoms. The summed E-state index contributed by atoms with van der Waals surface area (Å²) >= 11 is 0. The Bertz CT molecular complexity index is 130. The van der Waals surface area contributed by atoms with E-state index in [0.29, 0.717) is 0 Å². The van der Waals surface area contributed by atoms with Crippen LogP contribution in [0.4, 0.5) is 0 Å². The van der Waals surface area contributed by atoms with Crippen LogP contribution in [0.15, 0.2) is 0 Å². The molecule has 1 atom stereocenters. The van der Waals surface area contributed by atoms with E-state index in [4.69, 9.17) is 4.74 Å². The van der Waals surface area contributed by atoms with Crippen molar-refractivity contribution in [2.45, 2.75) is 25.3 Å². The van der Waals surface area contributed by atoms with Crippen LogP contribution in [0.2, 0.25) is 0 Å². The van der Waals surface area contributed by atoms with Crippen LogP contribution in [0, 0.1) is 0 Å². The minimum atomic E-state index is 0.729. The molecule has 1 N–H and O–H groups in total. The van der Waals surface area contributed by atoms with Crippen LogP contribution in [-0.4, -0.2) is 51.3 Å². The fourth-order valence-corrected chi connectivity index (χ4v) is 1.78. The molecule has 0 aromatic heterocycles. The van der Waals surface area contributed by atoms with Crippen molar-refractivity contribution in [2.75, 3.05) is 40.4 Å². The molecule has 0 radical (unpaired) electrons. The molecule has 3 nitrogen and oxygen atoms in total. The molecule has 1 aliphatic rings. The van der Waals surface area contributed by atoms with Crippen molar-refractivity contribution in [3.8, 4) is 0 Å². The summed E-state index contributed by atoms with van der Waals surface area (Å²) in [6.07, 6.45) is 3.71. The quantitative estimate of drug-likeness (QED) is 0.618. The van der Waals surface area contributed by atoms with E-state index in [9.17, 15) is 0 Å². The zero-order chi connectivity index (χ0) is 9.52. The van der Waals surface area contributed by atoms with E-state index in [2.05, 4.69) is 17.3 Å². The maximum Gasteiger partial charge on any atom is 0.0462 e. The fraction of sp³-hybridized carbons (Fsp3) is 1.00. The minimum Gasteiger partial charge on any atom is -0.385 e. The first-order valence-electron chi connectivity index (χ1n) is 5.24. The summed E-state index contributed by atoms with van der Waals surface area (Å²) in [4.78, 5) is 2.38. The number of hydrogen-bond acceptors (Lipinski definition) is 3. The highest BCUT2D eigenvalue weighted by molar-refractivity contribution is 4.78. The van der Waals surface area contributed by atoms with E-state index < -0.39 is 0 Å². The molecule has 1 aliphatic heterocycles. The normalized spacial score (nSPS) is 24.0. The Morgan fingerprint density at radius 2 is 2.31 bits per heavy atom. The third-order valence-corrected chi connectivity index (χ3v) is 2.60. The van der Waals surface area contributed by atoms with E-state index in [1.165, 1.54) is 32.4 Å². The van der Waals surface area contributed by atoms with Gasteiger partial charge in [-0.25, -0.2) is 0 Å². The van der Waals surface area contributed by atoms with Gasteiger partial charge in [0.25, 0.3) is 0 Å². The van der Waals surface area contributed by atoms with Gasteiger partial charge < -0.3 is 15.0 Å². The lowest BCUT2D eigenvalue weighted by atomic mass is 10.2. The summed E-state index contributed by atoms with van der Waals surface area (Å²) in [5.41, 5.74) is 0. The molecule has 1 rings (SSSR count). The van der Waals surface area contributed by atoms with Gasteiger partial charge in [-0.1, -0.05) is 0 Å². The molecule has 1 saturated heterocycles. The van der Waals surface area contributed by atoms with Crippen LogP contribution in [0.5, 0.6) is 0 Å². The van der Waals surface area contributed by atoms with Crippen LogP contribution in [-0.2, 0) is 4.74 Å². The number of ether oxygens (including phenoxy) is 1. The topological polar surface area (TPSA) is 24.5 Å². The van der Waals surface area contributed by atoms with Gasteiger partial charge in [0, 0.05) is 26.3 Å². The third-order valence-electron chi connectivity index (χ3n) is 2.60. The van der Waals surface area contributed by atoms with Crippen LogP contribution in [0.25, 0.3) is 0 Å². The number of rotatable bonds is 6.